The average Bonchev–Trinajstić information content (AvgIpc) is 3.34. The number of carbonyl (C=O) groups is 1. The fourth-order valence-corrected chi connectivity index (χ4v) is 4.15. The van der Waals surface area contributed by atoms with E-state index in [1.54, 1.807) is 28.9 Å². The number of halogens is 3. The van der Waals surface area contributed by atoms with E-state index in [2.05, 4.69) is 15.4 Å². The normalized spacial score (nSPS) is 10.8. The zero-order valence-electron chi connectivity index (χ0n) is 16.1. The Morgan fingerprint density at radius 2 is 1.84 bits per heavy atom. The fourth-order valence-electron chi connectivity index (χ4n) is 2.76. The van der Waals surface area contributed by atoms with Gasteiger partial charge in [0.05, 0.1) is 16.4 Å². The van der Waals surface area contributed by atoms with Gasteiger partial charge in [0.15, 0.2) is 6.61 Å². The van der Waals surface area contributed by atoms with Crippen LogP contribution >= 0.6 is 46.1 Å². The summed E-state index contributed by atoms with van der Waals surface area (Å²) in [6.07, 6.45) is 0. The number of carbonyl (C=O) groups excluding carboxylic acids is 1. The van der Waals surface area contributed by atoms with Crippen molar-refractivity contribution in [1.82, 2.24) is 14.8 Å². The molecule has 0 aliphatic heterocycles. The standard InChI is InChI=1S/C21H15Cl3N4O2S/c1-12-8-19(26-20(29)10-30-18-7-6-15(23)9-16(18)24)28(27-12)21-25-17(11-31-21)13-2-4-14(22)5-3-13/h2-9,11H,10H2,1H3,(H,26,29). The Hall–Kier alpha value is -2.58. The largest absolute Gasteiger partial charge is 0.482 e. The summed E-state index contributed by atoms with van der Waals surface area (Å²) < 4.78 is 7.08. The van der Waals surface area contributed by atoms with E-state index < -0.39 is 0 Å². The highest BCUT2D eigenvalue weighted by molar-refractivity contribution is 7.12. The van der Waals surface area contributed by atoms with Crippen molar-refractivity contribution in [3.63, 3.8) is 0 Å². The van der Waals surface area contributed by atoms with Crippen LogP contribution in [-0.4, -0.2) is 27.3 Å². The topological polar surface area (TPSA) is 69.0 Å². The van der Waals surface area contributed by atoms with Gasteiger partial charge in [-0.05, 0) is 37.3 Å². The molecule has 0 aliphatic carbocycles. The Labute approximate surface area is 197 Å². The van der Waals surface area contributed by atoms with Crippen molar-refractivity contribution in [3.05, 3.63) is 74.7 Å². The summed E-state index contributed by atoms with van der Waals surface area (Å²) in [5, 5.41) is 11.3. The molecule has 0 saturated heterocycles. The fraction of sp³-hybridized carbons (Fsp3) is 0.0952. The van der Waals surface area contributed by atoms with E-state index in [9.17, 15) is 4.79 Å². The molecule has 6 nitrogen and oxygen atoms in total. The average molecular weight is 494 g/mol. The maximum atomic E-state index is 12.4. The smallest absolute Gasteiger partial charge is 0.263 e. The van der Waals surface area contributed by atoms with E-state index >= 15 is 0 Å². The molecule has 1 N–H and O–H groups in total. The van der Waals surface area contributed by atoms with Gasteiger partial charge < -0.3 is 10.1 Å². The maximum Gasteiger partial charge on any atom is 0.263 e. The molecule has 0 atom stereocenters. The Kier molecular flexibility index (Phi) is 6.48. The highest BCUT2D eigenvalue weighted by Gasteiger charge is 2.15. The summed E-state index contributed by atoms with van der Waals surface area (Å²) in [5.41, 5.74) is 2.47. The Bertz CT molecular complexity index is 1240. The summed E-state index contributed by atoms with van der Waals surface area (Å²) in [4.78, 5) is 17.1. The van der Waals surface area contributed by atoms with E-state index in [4.69, 9.17) is 39.5 Å². The Morgan fingerprint density at radius 1 is 1.10 bits per heavy atom. The molecule has 4 rings (SSSR count). The van der Waals surface area contributed by atoms with Crippen molar-refractivity contribution < 1.29 is 9.53 Å². The third kappa shape index (κ3) is 5.19. The quantitative estimate of drug-likeness (QED) is 0.343. The number of benzene rings is 2. The summed E-state index contributed by atoms with van der Waals surface area (Å²) in [6.45, 7) is 1.61. The molecule has 0 spiro atoms. The van der Waals surface area contributed by atoms with Crippen LogP contribution in [0.5, 0.6) is 5.75 Å². The first-order chi connectivity index (χ1) is 14.9. The summed E-state index contributed by atoms with van der Waals surface area (Å²) in [6, 6.07) is 14.0. The van der Waals surface area contributed by atoms with E-state index in [0.717, 1.165) is 17.0 Å². The number of aryl methyl sites for hydroxylation is 1. The molecular weight excluding hydrogens is 479 g/mol. The van der Waals surface area contributed by atoms with Crippen LogP contribution in [0.1, 0.15) is 5.69 Å². The van der Waals surface area contributed by atoms with Crippen LogP contribution in [0, 0.1) is 6.92 Å². The predicted octanol–water partition coefficient (Wildman–Crippen LogP) is 6.28. The third-order valence-electron chi connectivity index (χ3n) is 4.16. The third-order valence-corrected chi connectivity index (χ3v) is 5.76. The molecule has 2 aromatic heterocycles. The van der Waals surface area contributed by atoms with Gasteiger partial charge in [0.2, 0.25) is 5.13 Å². The molecule has 0 fully saturated rings. The van der Waals surface area contributed by atoms with Gasteiger partial charge in [0, 0.05) is 27.1 Å². The number of aromatic nitrogens is 3. The lowest BCUT2D eigenvalue weighted by Crippen LogP contribution is -2.22. The molecule has 31 heavy (non-hydrogen) atoms. The van der Waals surface area contributed by atoms with E-state index in [1.165, 1.54) is 11.3 Å². The molecule has 10 heteroatoms. The van der Waals surface area contributed by atoms with Crippen LogP contribution in [0.15, 0.2) is 53.9 Å². The minimum Gasteiger partial charge on any atom is -0.482 e. The molecule has 0 radical (unpaired) electrons. The molecule has 0 unspecified atom stereocenters. The van der Waals surface area contributed by atoms with Crippen molar-refractivity contribution in [2.24, 2.45) is 0 Å². The van der Waals surface area contributed by atoms with Gasteiger partial charge in [0.1, 0.15) is 11.6 Å². The molecule has 4 aromatic rings. The first-order valence-corrected chi connectivity index (χ1v) is 11.1. The second-order valence-corrected chi connectivity index (χ2v) is 8.63. The van der Waals surface area contributed by atoms with Crippen LogP contribution < -0.4 is 10.1 Å². The number of ether oxygens (including phenoxy) is 1. The van der Waals surface area contributed by atoms with E-state index in [-0.39, 0.29) is 12.5 Å². The molecule has 2 heterocycles. The van der Waals surface area contributed by atoms with Gasteiger partial charge >= 0.3 is 0 Å². The van der Waals surface area contributed by atoms with Gasteiger partial charge in [-0.2, -0.15) is 9.78 Å². The van der Waals surface area contributed by atoms with Crippen LogP contribution in [-0.2, 0) is 4.79 Å². The number of rotatable bonds is 6. The number of hydrogen-bond donors (Lipinski definition) is 1. The van der Waals surface area contributed by atoms with Crippen LogP contribution in [0.25, 0.3) is 16.4 Å². The molecule has 0 saturated carbocycles. The minimum absolute atomic E-state index is 0.223. The number of amides is 1. The summed E-state index contributed by atoms with van der Waals surface area (Å²) >= 11 is 19.3. The first kappa shape index (κ1) is 21.6. The SMILES string of the molecule is Cc1cc(NC(=O)COc2ccc(Cl)cc2Cl)n(-c2nc(-c3ccc(Cl)cc3)cs2)n1. The van der Waals surface area contributed by atoms with E-state index in [1.807, 2.05) is 36.6 Å². The lowest BCUT2D eigenvalue weighted by molar-refractivity contribution is -0.118. The van der Waals surface area contributed by atoms with Crippen LogP contribution in [0.4, 0.5) is 5.82 Å². The highest BCUT2D eigenvalue weighted by atomic mass is 35.5. The maximum absolute atomic E-state index is 12.4. The number of thiazole rings is 1. The minimum atomic E-state index is -0.360. The van der Waals surface area contributed by atoms with Gasteiger partial charge in [-0.3, -0.25) is 4.79 Å². The van der Waals surface area contributed by atoms with Crippen LogP contribution in [0.3, 0.4) is 0 Å². The molecule has 1 amide bonds. The number of anilines is 1. The second-order valence-electron chi connectivity index (χ2n) is 6.52. The number of nitrogens with one attached hydrogen (secondary N) is 1. The van der Waals surface area contributed by atoms with Gasteiger partial charge in [0.25, 0.3) is 5.91 Å². The van der Waals surface area contributed by atoms with Crippen molar-refractivity contribution in [2.45, 2.75) is 6.92 Å². The highest BCUT2D eigenvalue weighted by Crippen LogP contribution is 2.28. The van der Waals surface area contributed by atoms with Gasteiger partial charge in [-0.25, -0.2) is 4.98 Å². The molecule has 0 bridgehead atoms. The Balaban J connectivity index is 1.48. The van der Waals surface area contributed by atoms with Crippen LogP contribution in [0.2, 0.25) is 15.1 Å². The summed E-state index contributed by atoms with van der Waals surface area (Å²) in [5.74, 6) is 0.505. The Morgan fingerprint density at radius 3 is 2.58 bits per heavy atom. The van der Waals surface area contributed by atoms with Gasteiger partial charge in [-0.1, -0.05) is 46.9 Å². The number of hydrogen-bond acceptors (Lipinski definition) is 5. The first-order valence-electron chi connectivity index (χ1n) is 9.05. The molecule has 0 aliphatic rings. The molecule has 2 aromatic carbocycles. The van der Waals surface area contributed by atoms with Crippen molar-refractivity contribution in [3.8, 4) is 22.1 Å². The lowest BCUT2D eigenvalue weighted by atomic mass is 10.2. The van der Waals surface area contributed by atoms with Gasteiger partial charge in [-0.15, -0.1) is 11.3 Å². The van der Waals surface area contributed by atoms with Crippen molar-refractivity contribution in [2.75, 3.05) is 11.9 Å². The van der Waals surface area contributed by atoms with Crippen molar-refractivity contribution >= 4 is 57.9 Å². The zero-order chi connectivity index (χ0) is 22.0. The molecular formula is C21H15Cl3N4O2S. The van der Waals surface area contributed by atoms with E-state index in [0.29, 0.717) is 31.8 Å². The molecule has 158 valence electrons. The summed E-state index contributed by atoms with van der Waals surface area (Å²) in [7, 11) is 0. The predicted molar refractivity (Wildman–Crippen MR) is 125 cm³/mol. The lowest BCUT2D eigenvalue weighted by Gasteiger charge is -2.09. The van der Waals surface area contributed by atoms with Crippen molar-refractivity contribution in [1.29, 1.82) is 0 Å². The number of nitrogens with zero attached hydrogens (tertiary/aromatic N) is 3. The monoisotopic (exact) mass is 492 g/mol. The second kappa shape index (κ2) is 9.28. The zero-order valence-corrected chi connectivity index (χ0v) is 19.2.